The Labute approximate surface area is 117 Å². The lowest BCUT2D eigenvalue weighted by Crippen LogP contribution is -2.52. The van der Waals surface area contributed by atoms with Crippen LogP contribution < -0.4 is 5.32 Å². The number of rotatable bonds is 10. The van der Waals surface area contributed by atoms with Crippen LogP contribution in [-0.2, 0) is 14.3 Å². The Kier molecular flexibility index (Phi) is 6.80. The van der Waals surface area contributed by atoms with E-state index < -0.39 is 5.54 Å². The van der Waals surface area contributed by atoms with E-state index in [0.717, 1.165) is 25.5 Å². The third-order valence-corrected chi connectivity index (χ3v) is 3.61. The molecule has 2 unspecified atom stereocenters. The number of hydrogen-bond donors (Lipinski definition) is 1. The Morgan fingerprint density at radius 1 is 1.42 bits per heavy atom. The average Bonchev–Trinajstić information content (AvgIpc) is 3.13. The molecule has 2 atom stereocenters. The lowest BCUT2D eigenvalue weighted by Gasteiger charge is -2.30. The summed E-state index contributed by atoms with van der Waals surface area (Å²) >= 11 is 0. The SMILES string of the molecule is CCNC(C)(CC(C)OCCC1CC1)C(=O)OCC. The molecule has 4 nitrogen and oxygen atoms in total. The largest absolute Gasteiger partial charge is 0.465 e. The summed E-state index contributed by atoms with van der Waals surface area (Å²) in [5.74, 6) is 0.701. The highest BCUT2D eigenvalue weighted by Gasteiger charge is 2.35. The van der Waals surface area contributed by atoms with E-state index in [-0.39, 0.29) is 12.1 Å². The number of likely N-dealkylation sites (N-methyl/N-ethyl adjacent to an activating group) is 1. The zero-order chi connectivity index (χ0) is 14.3. The summed E-state index contributed by atoms with van der Waals surface area (Å²) in [6, 6.07) is 0. The predicted octanol–water partition coefficient (Wildman–Crippen LogP) is 2.51. The highest BCUT2D eigenvalue weighted by atomic mass is 16.5. The van der Waals surface area contributed by atoms with Crippen molar-refractivity contribution >= 4 is 5.97 Å². The molecule has 1 aliphatic carbocycles. The summed E-state index contributed by atoms with van der Waals surface area (Å²) in [6.07, 6.45) is 4.57. The number of hydrogen-bond acceptors (Lipinski definition) is 4. The van der Waals surface area contributed by atoms with Gasteiger partial charge in [-0.1, -0.05) is 19.8 Å². The second-order valence-electron chi connectivity index (χ2n) is 5.70. The lowest BCUT2D eigenvalue weighted by molar-refractivity contribution is -0.152. The summed E-state index contributed by atoms with van der Waals surface area (Å²) in [7, 11) is 0. The molecule has 4 heteroatoms. The van der Waals surface area contributed by atoms with Gasteiger partial charge >= 0.3 is 5.97 Å². The van der Waals surface area contributed by atoms with Crippen LogP contribution in [0.2, 0.25) is 0 Å². The fraction of sp³-hybridized carbons (Fsp3) is 0.933. The molecule has 1 N–H and O–H groups in total. The van der Waals surface area contributed by atoms with Gasteiger partial charge in [0.05, 0.1) is 12.7 Å². The van der Waals surface area contributed by atoms with Crippen molar-refractivity contribution in [3.8, 4) is 0 Å². The quantitative estimate of drug-likeness (QED) is 0.620. The van der Waals surface area contributed by atoms with E-state index in [9.17, 15) is 4.79 Å². The second kappa shape index (κ2) is 7.85. The summed E-state index contributed by atoms with van der Waals surface area (Å²) in [5, 5.41) is 3.23. The summed E-state index contributed by atoms with van der Waals surface area (Å²) < 4.78 is 11.0. The van der Waals surface area contributed by atoms with E-state index in [4.69, 9.17) is 9.47 Å². The van der Waals surface area contributed by atoms with Gasteiger partial charge < -0.3 is 14.8 Å². The molecule has 0 aromatic heterocycles. The summed E-state index contributed by atoms with van der Waals surface area (Å²) in [4.78, 5) is 12.0. The van der Waals surface area contributed by atoms with E-state index in [1.165, 1.54) is 12.8 Å². The number of esters is 1. The van der Waals surface area contributed by atoms with E-state index in [1.807, 2.05) is 27.7 Å². The average molecular weight is 271 g/mol. The van der Waals surface area contributed by atoms with Crippen LogP contribution in [0.3, 0.4) is 0 Å². The molecule has 0 amide bonds. The van der Waals surface area contributed by atoms with Gasteiger partial charge in [0, 0.05) is 13.0 Å². The van der Waals surface area contributed by atoms with Crippen LogP contribution in [0.4, 0.5) is 0 Å². The first-order valence-electron chi connectivity index (χ1n) is 7.55. The Bertz CT molecular complexity index is 279. The fourth-order valence-electron chi connectivity index (χ4n) is 2.38. The van der Waals surface area contributed by atoms with Gasteiger partial charge in [-0.25, -0.2) is 0 Å². The van der Waals surface area contributed by atoms with E-state index in [2.05, 4.69) is 5.32 Å². The van der Waals surface area contributed by atoms with Gasteiger partial charge in [0.25, 0.3) is 0 Å². The van der Waals surface area contributed by atoms with Gasteiger partial charge in [0.1, 0.15) is 5.54 Å². The molecule has 1 saturated carbocycles. The Morgan fingerprint density at radius 2 is 2.11 bits per heavy atom. The monoisotopic (exact) mass is 271 g/mol. The molecule has 112 valence electrons. The molecule has 1 fully saturated rings. The normalized spacial score (nSPS) is 19.8. The molecule has 0 aliphatic heterocycles. The highest BCUT2D eigenvalue weighted by molar-refractivity contribution is 5.80. The van der Waals surface area contributed by atoms with Crippen LogP contribution in [0.15, 0.2) is 0 Å². The van der Waals surface area contributed by atoms with Gasteiger partial charge in [0.2, 0.25) is 0 Å². The molecular formula is C15H29NO3. The molecule has 0 bridgehead atoms. The molecule has 19 heavy (non-hydrogen) atoms. The van der Waals surface area contributed by atoms with Crippen LogP contribution >= 0.6 is 0 Å². The first kappa shape index (κ1) is 16.4. The maximum Gasteiger partial charge on any atom is 0.326 e. The van der Waals surface area contributed by atoms with Crippen LogP contribution in [0.5, 0.6) is 0 Å². The van der Waals surface area contributed by atoms with Gasteiger partial charge in [-0.3, -0.25) is 4.79 Å². The maximum absolute atomic E-state index is 12.0. The molecule has 0 heterocycles. The van der Waals surface area contributed by atoms with Crippen LogP contribution in [-0.4, -0.2) is 37.4 Å². The minimum atomic E-state index is -0.649. The van der Waals surface area contributed by atoms with Crippen molar-refractivity contribution in [1.29, 1.82) is 0 Å². The van der Waals surface area contributed by atoms with Crippen molar-refractivity contribution in [3.05, 3.63) is 0 Å². The standard InChI is InChI=1S/C15H29NO3/c1-5-16-15(4,14(17)18-6-2)11-12(3)19-10-9-13-7-8-13/h12-13,16H,5-11H2,1-4H3. The van der Waals surface area contributed by atoms with Gasteiger partial charge in [0.15, 0.2) is 0 Å². The predicted molar refractivity (Wildman–Crippen MR) is 76.1 cm³/mol. The molecular weight excluding hydrogens is 242 g/mol. The maximum atomic E-state index is 12.0. The number of ether oxygens (including phenoxy) is 2. The highest BCUT2D eigenvalue weighted by Crippen LogP contribution is 2.32. The van der Waals surface area contributed by atoms with Gasteiger partial charge in [-0.05, 0) is 39.7 Å². The molecule has 0 radical (unpaired) electrons. The van der Waals surface area contributed by atoms with Crippen molar-refractivity contribution in [2.45, 2.75) is 65.0 Å². The molecule has 0 saturated heterocycles. The number of nitrogens with one attached hydrogen (secondary N) is 1. The Hall–Kier alpha value is -0.610. The third kappa shape index (κ3) is 5.91. The van der Waals surface area contributed by atoms with E-state index in [0.29, 0.717) is 13.0 Å². The smallest absolute Gasteiger partial charge is 0.326 e. The van der Waals surface area contributed by atoms with Crippen molar-refractivity contribution in [2.75, 3.05) is 19.8 Å². The summed E-state index contributed by atoms with van der Waals surface area (Å²) in [5.41, 5.74) is -0.649. The van der Waals surface area contributed by atoms with Crippen molar-refractivity contribution in [1.82, 2.24) is 5.32 Å². The lowest BCUT2D eigenvalue weighted by atomic mass is 9.94. The van der Waals surface area contributed by atoms with Crippen LogP contribution in [0.1, 0.15) is 53.4 Å². The van der Waals surface area contributed by atoms with Crippen LogP contribution in [0, 0.1) is 5.92 Å². The topological polar surface area (TPSA) is 47.6 Å². The zero-order valence-corrected chi connectivity index (χ0v) is 12.8. The minimum absolute atomic E-state index is 0.0622. The summed E-state index contributed by atoms with van der Waals surface area (Å²) in [6.45, 7) is 9.71. The first-order chi connectivity index (χ1) is 9.01. The van der Waals surface area contributed by atoms with E-state index >= 15 is 0 Å². The Balaban J connectivity index is 2.38. The van der Waals surface area contributed by atoms with Gasteiger partial charge in [-0.2, -0.15) is 0 Å². The second-order valence-corrected chi connectivity index (χ2v) is 5.70. The molecule has 0 spiro atoms. The van der Waals surface area contributed by atoms with Crippen molar-refractivity contribution in [3.63, 3.8) is 0 Å². The minimum Gasteiger partial charge on any atom is -0.465 e. The van der Waals surface area contributed by atoms with E-state index in [1.54, 1.807) is 0 Å². The number of carbonyl (C=O) groups excluding carboxylic acids is 1. The Morgan fingerprint density at radius 3 is 2.63 bits per heavy atom. The first-order valence-corrected chi connectivity index (χ1v) is 7.55. The molecule has 0 aromatic carbocycles. The molecule has 0 aromatic rings. The molecule has 1 rings (SSSR count). The van der Waals surface area contributed by atoms with Gasteiger partial charge in [-0.15, -0.1) is 0 Å². The molecule has 1 aliphatic rings. The van der Waals surface area contributed by atoms with Crippen molar-refractivity contribution < 1.29 is 14.3 Å². The number of carbonyl (C=O) groups is 1. The fourth-order valence-corrected chi connectivity index (χ4v) is 2.38. The van der Waals surface area contributed by atoms with Crippen LogP contribution in [0.25, 0.3) is 0 Å². The van der Waals surface area contributed by atoms with Crippen molar-refractivity contribution in [2.24, 2.45) is 5.92 Å². The third-order valence-electron chi connectivity index (χ3n) is 3.61. The zero-order valence-electron chi connectivity index (χ0n) is 12.8.